The number of nitrogens with zero attached hydrogens (tertiary/aromatic N) is 3. The molecule has 3 rings (SSSR count). The number of rotatable bonds is 1. The van der Waals surface area contributed by atoms with E-state index in [0.717, 1.165) is 11.5 Å². The van der Waals surface area contributed by atoms with Gasteiger partial charge in [-0.05, 0) is 6.08 Å². The Bertz CT molecular complexity index is 474. The molecule has 5 nitrogen and oxygen atoms in total. The third-order valence-electron chi connectivity index (χ3n) is 2.82. The van der Waals surface area contributed by atoms with E-state index in [0.29, 0.717) is 18.7 Å². The van der Waals surface area contributed by atoms with Gasteiger partial charge in [-0.2, -0.15) is 0 Å². The maximum atomic E-state index is 11.4. The molecule has 3 heterocycles. The van der Waals surface area contributed by atoms with Crippen LogP contribution >= 0.6 is 0 Å². The number of ether oxygens (including phenoxy) is 1. The molecule has 0 N–H and O–H groups in total. The van der Waals surface area contributed by atoms with Crippen molar-refractivity contribution < 1.29 is 9.53 Å². The predicted octanol–water partition coefficient (Wildman–Crippen LogP) is 0.789. The summed E-state index contributed by atoms with van der Waals surface area (Å²) >= 11 is 0. The highest BCUT2D eigenvalue weighted by atomic mass is 16.5. The molecule has 0 aromatic heterocycles. The second-order valence-corrected chi connectivity index (χ2v) is 3.78. The van der Waals surface area contributed by atoms with E-state index in [1.807, 2.05) is 23.4 Å². The lowest BCUT2D eigenvalue weighted by Gasteiger charge is -2.22. The van der Waals surface area contributed by atoms with Gasteiger partial charge < -0.3 is 14.5 Å². The summed E-state index contributed by atoms with van der Waals surface area (Å²) in [6, 6.07) is 0. The summed E-state index contributed by atoms with van der Waals surface area (Å²) in [5, 5.41) is 0. The molecular weight excluding hydrogens is 206 g/mol. The van der Waals surface area contributed by atoms with Crippen molar-refractivity contribution in [2.24, 2.45) is 4.99 Å². The highest BCUT2D eigenvalue weighted by Crippen LogP contribution is 2.36. The number of carbonyl (C=O) groups is 1. The molecule has 0 saturated heterocycles. The van der Waals surface area contributed by atoms with Crippen molar-refractivity contribution in [1.29, 1.82) is 0 Å². The first-order chi connectivity index (χ1) is 7.79. The van der Waals surface area contributed by atoms with E-state index >= 15 is 0 Å². The molecule has 0 amide bonds. The quantitative estimate of drug-likeness (QED) is 0.609. The Hall–Kier alpha value is -2.04. The standard InChI is InChI=1S/C11H11N3O2/c1-16-11(15)8-4-9-6-13-7-12-3-2-10(13)14(9)5-8/h2-3,5-6H,4,7H2,1H3. The summed E-state index contributed by atoms with van der Waals surface area (Å²) in [7, 11) is 1.40. The van der Waals surface area contributed by atoms with Gasteiger partial charge in [0.05, 0.1) is 12.7 Å². The van der Waals surface area contributed by atoms with Crippen LogP contribution in [0.3, 0.4) is 0 Å². The van der Waals surface area contributed by atoms with Gasteiger partial charge in [-0.1, -0.05) is 0 Å². The van der Waals surface area contributed by atoms with Crippen LogP contribution in [0.15, 0.2) is 40.6 Å². The minimum Gasteiger partial charge on any atom is -0.466 e. The van der Waals surface area contributed by atoms with Crippen molar-refractivity contribution in [3.05, 3.63) is 35.6 Å². The largest absolute Gasteiger partial charge is 0.466 e. The van der Waals surface area contributed by atoms with Gasteiger partial charge in [0, 0.05) is 30.7 Å². The average molecular weight is 217 g/mol. The van der Waals surface area contributed by atoms with E-state index in [4.69, 9.17) is 4.74 Å². The minimum absolute atomic E-state index is 0.257. The van der Waals surface area contributed by atoms with Crippen LogP contribution in [0.2, 0.25) is 0 Å². The maximum Gasteiger partial charge on any atom is 0.335 e. The van der Waals surface area contributed by atoms with Crippen LogP contribution in [0.4, 0.5) is 0 Å². The molecule has 0 aromatic carbocycles. The molecule has 0 radical (unpaired) electrons. The summed E-state index contributed by atoms with van der Waals surface area (Å²) in [6.07, 6.45) is 8.20. The van der Waals surface area contributed by atoms with E-state index < -0.39 is 0 Å². The molecule has 3 aliphatic rings. The van der Waals surface area contributed by atoms with Gasteiger partial charge in [0.15, 0.2) is 0 Å². The normalized spacial score (nSPS) is 21.2. The number of methoxy groups -OCH3 is 1. The van der Waals surface area contributed by atoms with E-state index in [2.05, 4.69) is 9.89 Å². The average Bonchev–Trinajstić information content (AvgIpc) is 2.85. The first kappa shape index (κ1) is 9.21. The van der Waals surface area contributed by atoms with Crippen LogP contribution in [-0.4, -0.2) is 35.8 Å². The van der Waals surface area contributed by atoms with Crippen molar-refractivity contribution in [3.8, 4) is 0 Å². The number of aliphatic imine (C=N–C) groups is 1. The fourth-order valence-corrected chi connectivity index (χ4v) is 2.07. The molecule has 0 atom stereocenters. The summed E-state index contributed by atoms with van der Waals surface area (Å²) in [4.78, 5) is 19.6. The van der Waals surface area contributed by atoms with Crippen LogP contribution < -0.4 is 0 Å². The topological polar surface area (TPSA) is 45.1 Å². The highest BCUT2D eigenvalue weighted by Gasteiger charge is 2.33. The summed E-state index contributed by atoms with van der Waals surface area (Å²) in [5.74, 6) is 0.788. The molecule has 0 aliphatic carbocycles. The zero-order valence-electron chi connectivity index (χ0n) is 8.88. The molecule has 0 aromatic rings. The zero-order chi connectivity index (χ0) is 11.1. The Labute approximate surface area is 93.0 Å². The molecule has 0 bridgehead atoms. The van der Waals surface area contributed by atoms with Gasteiger partial charge in [-0.15, -0.1) is 0 Å². The van der Waals surface area contributed by atoms with Crippen molar-refractivity contribution >= 4 is 12.2 Å². The Morgan fingerprint density at radius 3 is 3.19 bits per heavy atom. The fraction of sp³-hybridized carbons (Fsp3) is 0.273. The van der Waals surface area contributed by atoms with E-state index in [-0.39, 0.29) is 5.97 Å². The predicted molar refractivity (Wildman–Crippen MR) is 57.9 cm³/mol. The minimum atomic E-state index is -0.257. The number of carbonyl (C=O) groups excluding carboxylic acids is 1. The van der Waals surface area contributed by atoms with Crippen LogP contribution in [0, 0.1) is 0 Å². The second kappa shape index (κ2) is 3.23. The molecule has 5 heteroatoms. The lowest BCUT2D eigenvalue weighted by Crippen LogP contribution is -2.22. The number of hydrogen-bond donors (Lipinski definition) is 0. The molecule has 0 spiro atoms. The van der Waals surface area contributed by atoms with E-state index in [9.17, 15) is 4.79 Å². The first-order valence-corrected chi connectivity index (χ1v) is 5.05. The third-order valence-corrected chi connectivity index (χ3v) is 2.82. The van der Waals surface area contributed by atoms with Crippen LogP contribution in [0.25, 0.3) is 0 Å². The molecule has 3 aliphatic heterocycles. The molecule has 16 heavy (non-hydrogen) atoms. The molecule has 0 fully saturated rings. The van der Waals surface area contributed by atoms with Gasteiger partial charge in [-0.25, -0.2) is 4.79 Å². The lowest BCUT2D eigenvalue weighted by atomic mass is 10.2. The molecule has 82 valence electrons. The van der Waals surface area contributed by atoms with Crippen LogP contribution in [-0.2, 0) is 9.53 Å². The van der Waals surface area contributed by atoms with Gasteiger partial charge in [-0.3, -0.25) is 4.99 Å². The van der Waals surface area contributed by atoms with Gasteiger partial charge in [0.2, 0.25) is 0 Å². The van der Waals surface area contributed by atoms with Crippen molar-refractivity contribution in [3.63, 3.8) is 0 Å². The number of hydrogen-bond acceptors (Lipinski definition) is 5. The van der Waals surface area contributed by atoms with Crippen molar-refractivity contribution in [1.82, 2.24) is 9.80 Å². The second-order valence-electron chi connectivity index (χ2n) is 3.78. The van der Waals surface area contributed by atoms with Crippen LogP contribution in [0.5, 0.6) is 0 Å². The zero-order valence-corrected chi connectivity index (χ0v) is 8.88. The first-order valence-electron chi connectivity index (χ1n) is 5.05. The molecule has 0 saturated carbocycles. The van der Waals surface area contributed by atoms with Crippen molar-refractivity contribution in [2.45, 2.75) is 6.42 Å². The molecule has 0 unspecified atom stereocenters. The maximum absolute atomic E-state index is 11.4. The van der Waals surface area contributed by atoms with Crippen LogP contribution in [0.1, 0.15) is 6.42 Å². The fourth-order valence-electron chi connectivity index (χ4n) is 2.07. The van der Waals surface area contributed by atoms with E-state index in [1.165, 1.54) is 7.11 Å². The smallest absolute Gasteiger partial charge is 0.335 e. The van der Waals surface area contributed by atoms with Gasteiger partial charge in [0.1, 0.15) is 12.5 Å². The third kappa shape index (κ3) is 1.18. The number of allylic oxidation sites excluding steroid dienone is 2. The Morgan fingerprint density at radius 1 is 1.50 bits per heavy atom. The Balaban J connectivity index is 1.91. The van der Waals surface area contributed by atoms with Gasteiger partial charge in [0.25, 0.3) is 0 Å². The Kier molecular flexibility index (Phi) is 1.86. The lowest BCUT2D eigenvalue weighted by molar-refractivity contribution is -0.136. The monoisotopic (exact) mass is 217 g/mol. The van der Waals surface area contributed by atoms with E-state index in [1.54, 1.807) is 6.21 Å². The van der Waals surface area contributed by atoms with Crippen molar-refractivity contribution in [2.75, 3.05) is 13.8 Å². The highest BCUT2D eigenvalue weighted by molar-refractivity contribution is 5.90. The molecular formula is C11H11N3O2. The number of fused-ring (bicyclic) bond motifs is 3. The SMILES string of the molecule is COC(=O)C1=CN2C(=CN3CN=CC=C32)C1. The van der Waals surface area contributed by atoms with Gasteiger partial charge >= 0.3 is 5.97 Å². The summed E-state index contributed by atoms with van der Waals surface area (Å²) < 4.78 is 4.71. The Morgan fingerprint density at radius 2 is 2.38 bits per heavy atom. The summed E-state index contributed by atoms with van der Waals surface area (Å²) in [6.45, 7) is 0.646. The summed E-state index contributed by atoms with van der Waals surface area (Å²) in [5.41, 5.74) is 1.79. The number of esters is 1.